The van der Waals surface area contributed by atoms with Gasteiger partial charge in [0.1, 0.15) is 28.1 Å². The van der Waals surface area contributed by atoms with Gasteiger partial charge in [-0.15, -0.1) is 22.7 Å². The van der Waals surface area contributed by atoms with Crippen molar-refractivity contribution in [2.24, 2.45) is 5.92 Å². The van der Waals surface area contributed by atoms with Crippen LogP contribution < -0.4 is 10.1 Å². The van der Waals surface area contributed by atoms with Crippen molar-refractivity contribution in [2.75, 3.05) is 5.32 Å². The van der Waals surface area contributed by atoms with Crippen molar-refractivity contribution in [2.45, 2.75) is 39.7 Å². The van der Waals surface area contributed by atoms with E-state index in [9.17, 15) is 9.18 Å². The van der Waals surface area contributed by atoms with Crippen LogP contribution in [0.15, 0.2) is 24.3 Å². The van der Waals surface area contributed by atoms with Crippen molar-refractivity contribution in [1.82, 2.24) is 9.97 Å². The summed E-state index contributed by atoms with van der Waals surface area (Å²) in [6.07, 6.45) is 3.16. The predicted molar refractivity (Wildman–Crippen MR) is 109 cm³/mol. The molecule has 0 spiro atoms. The number of ether oxygens (including phenoxy) is 1. The highest BCUT2D eigenvalue weighted by Gasteiger charge is 2.22. The number of anilines is 1. The number of aryl methyl sites for hydroxylation is 2. The average Bonchev–Trinajstić information content (AvgIpc) is 3.23. The number of rotatable bonds is 5. The molecule has 146 valence electrons. The van der Waals surface area contributed by atoms with Gasteiger partial charge in [-0.1, -0.05) is 6.92 Å². The van der Waals surface area contributed by atoms with Gasteiger partial charge in [-0.25, -0.2) is 14.4 Å². The number of thiazole rings is 2. The van der Waals surface area contributed by atoms with E-state index in [1.807, 2.05) is 0 Å². The quantitative estimate of drug-likeness (QED) is 0.634. The lowest BCUT2D eigenvalue weighted by molar-refractivity contribution is 0.103. The van der Waals surface area contributed by atoms with Gasteiger partial charge in [-0.05, 0) is 56.4 Å². The number of hydrogen-bond donors (Lipinski definition) is 1. The Morgan fingerprint density at radius 3 is 2.86 bits per heavy atom. The second kappa shape index (κ2) is 7.97. The van der Waals surface area contributed by atoms with Crippen LogP contribution in [0.5, 0.6) is 5.75 Å². The van der Waals surface area contributed by atoms with Crippen LogP contribution in [0.4, 0.5) is 9.52 Å². The first-order valence-corrected chi connectivity index (χ1v) is 10.8. The maximum absolute atomic E-state index is 13.0. The first kappa shape index (κ1) is 19.0. The van der Waals surface area contributed by atoms with Crippen LogP contribution in [0.25, 0.3) is 0 Å². The summed E-state index contributed by atoms with van der Waals surface area (Å²) in [6, 6.07) is 5.81. The number of hydrogen-bond acceptors (Lipinski definition) is 6. The number of nitrogens with zero attached hydrogens (tertiary/aromatic N) is 2. The molecule has 0 radical (unpaired) electrons. The fourth-order valence-corrected chi connectivity index (χ4v) is 5.19. The number of carbonyl (C=O) groups is 1. The van der Waals surface area contributed by atoms with E-state index in [0.717, 1.165) is 25.0 Å². The Labute approximate surface area is 170 Å². The van der Waals surface area contributed by atoms with Gasteiger partial charge in [-0.2, -0.15) is 0 Å². The van der Waals surface area contributed by atoms with Crippen LogP contribution >= 0.6 is 22.7 Å². The number of aromatic nitrogens is 2. The number of halogens is 1. The van der Waals surface area contributed by atoms with Gasteiger partial charge in [0, 0.05) is 4.88 Å². The zero-order valence-electron chi connectivity index (χ0n) is 15.6. The molecule has 0 bridgehead atoms. The lowest BCUT2D eigenvalue weighted by Gasteiger charge is -2.15. The van der Waals surface area contributed by atoms with E-state index in [4.69, 9.17) is 4.74 Å². The monoisotopic (exact) mass is 417 g/mol. The van der Waals surface area contributed by atoms with Gasteiger partial charge in [-0.3, -0.25) is 10.1 Å². The highest BCUT2D eigenvalue weighted by Crippen LogP contribution is 2.32. The third kappa shape index (κ3) is 4.23. The minimum atomic E-state index is -0.310. The second-order valence-electron chi connectivity index (χ2n) is 6.96. The summed E-state index contributed by atoms with van der Waals surface area (Å²) < 4.78 is 18.6. The van der Waals surface area contributed by atoms with E-state index in [1.54, 1.807) is 30.4 Å². The molecule has 1 unspecified atom stereocenters. The number of fused-ring (bicyclic) bond motifs is 1. The highest BCUT2D eigenvalue weighted by molar-refractivity contribution is 7.16. The van der Waals surface area contributed by atoms with Gasteiger partial charge >= 0.3 is 0 Å². The van der Waals surface area contributed by atoms with Crippen LogP contribution in [0.3, 0.4) is 0 Å². The molecule has 0 fully saturated rings. The van der Waals surface area contributed by atoms with Crippen LogP contribution in [-0.4, -0.2) is 15.9 Å². The van der Waals surface area contributed by atoms with Gasteiger partial charge in [0.25, 0.3) is 5.91 Å². The summed E-state index contributed by atoms with van der Waals surface area (Å²) in [5.74, 6) is 0.726. The van der Waals surface area contributed by atoms with Crippen LogP contribution in [0.1, 0.15) is 44.3 Å². The molecule has 2 heterocycles. The van der Waals surface area contributed by atoms with E-state index >= 15 is 0 Å². The van der Waals surface area contributed by atoms with Gasteiger partial charge < -0.3 is 4.74 Å². The number of nitrogens with one attached hydrogen (secondary N) is 1. The molecule has 2 aromatic heterocycles. The molecule has 3 aromatic rings. The molecular weight excluding hydrogens is 397 g/mol. The standard InChI is InChI=1S/C20H20FN3O2S2/c1-11-3-8-15-16(9-11)27-20(23-15)24-19(25)18-12(2)22-17(28-18)10-26-14-6-4-13(21)5-7-14/h4-7,11H,3,8-10H2,1-2H3,(H,23,24,25). The van der Waals surface area contributed by atoms with Gasteiger partial charge in [0.05, 0.1) is 11.4 Å². The molecule has 1 aliphatic rings. The van der Waals surface area contributed by atoms with E-state index in [2.05, 4.69) is 22.2 Å². The summed E-state index contributed by atoms with van der Waals surface area (Å²) in [5, 5.41) is 4.27. The summed E-state index contributed by atoms with van der Waals surface area (Å²) in [7, 11) is 0. The number of amides is 1. The van der Waals surface area contributed by atoms with Crippen molar-refractivity contribution in [3.05, 3.63) is 56.2 Å². The third-order valence-electron chi connectivity index (χ3n) is 4.63. The fourth-order valence-electron chi connectivity index (χ4n) is 3.15. The lowest BCUT2D eigenvalue weighted by Crippen LogP contribution is -2.11. The predicted octanol–water partition coefficient (Wildman–Crippen LogP) is 5.00. The molecule has 8 heteroatoms. The van der Waals surface area contributed by atoms with E-state index in [-0.39, 0.29) is 18.3 Å². The van der Waals surface area contributed by atoms with Gasteiger partial charge in [0.15, 0.2) is 5.13 Å². The SMILES string of the molecule is Cc1nc(COc2ccc(F)cc2)sc1C(=O)Nc1nc2c(s1)CC(C)CC2. The maximum atomic E-state index is 13.0. The molecule has 1 amide bonds. The second-order valence-corrected chi connectivity index (χ2v) is 9.12. The molecule has 1 N–H and O–H groups in total. The molecular formula is C20H20FN3O2S2. The molecule has 28 heavy (non-hydrogen) atoms. The number of carbonyl (C=O) groups excluding carboxylic acids is 1. The molecule has 1 aliphatic carbocycles. The van der Waals surface area contributed by atoms with Crippen LogP contribution in [0.2, 0.25) is 0 Å². The Kier molecular flexibility index (Phi) is 5.41. The third-order valence-corrected chi connectivity index (χ3v) is 6.79. The van der Waals surface area contributed by atoms with E-state index < -0.39 is 0 Å². The summed E-state index contributed by atoms with van der Waals surface area (Å²) in [5.41, 5.74) is 1.78. The molecule has 1 atom stereocenters. The van der Waals surface area contributed by atoms with Crippen molar-refractivity contribution in [3.8, 4) is 5.75 Å². The Balaban J connectivity index is 1.41. The maximum Gasteiger partial charge on any atom is 0.269 e. The largest absolute Gasteiger partial charge is 0.486 e. The molecule has 0 saturated carbocycles. The fraction of sp³-hybridized carbons (Fsp3) is 0.350. The summed E-state index contributed by atoms with van der Waals surface area (Å²) in [6.45, 7) is 4.28. The topological polar surface area (TPSA) is 64.1 Å². The Hall–Kier alpha value is -2.32. The molecule has 0 aliphatic heterocycles. The average molecular weight is 418 g/mol. The Morgan fingerprint density at radius 2 is 2.07 bits per heavy atom. The zero-order chi connectivity index (χ0) is 19.7. The smallest absolute Gasteiger partial charge is 0.269 e. The molecule has 1 aromatic carbocycles. The summed E-state index contributed by atoms with van der Waals surface area (Å²) in [4.78, 5) is 23.5. The minimum absolute atomic E-state index is 0.192. The highest BCUT2D eigenvalue weighted by atomic mass is 32.1. The first-order chi connectivity index (χ1) is 13.5. The van der Waals surface area contributed by atoms with Crippen molar-refractivity contribution < 1.29 is 13.9 Å². The summed E-state index contributed by atoms with van der Waals surface area (Å²) >= 11 is 2.87. The molecule has 0 saturated heterocycles. The molecule has 5 nitrogen and oxygen atoms in total. The van der Waals surface area contributed by atoms with Crippen LogP contribution in [-0.2, 0) is 19.4 Å². The Bertz CT molecular complexity index is 998. The van der Waals surface area contributed by atoms with Crippen molar-refractivity contribution in [1.29, 1.82) is 0 Å². The zero-order valence-corrected chi connectivity index (χ0v) is 17.3. The van der Waals surface area contributed by atoms with Gasteiger partial charge in [0.2, 0.25) is 0 Å². The van der Waals surface area contributed by atoms with E-state index in [0.29, 0.717) is 32.4 Å². The molecule has 4 rings (SSSR count). The van der Waals surface area contributed by atoms with E-state index in [1.165, 1.54) is 28.3 Å². The normalized spacial score (nSPS) is 15.9. The number of benzene rings is 1. The first-order valence-electron chi connectivity index (χ1n) is 9.12. The van der Waals surface area contributed by atoms with Crippen molar-refractivity contribution in [3.63, 3.8) is 0 Å². The van der Waals surface area contributed by atoms with Crippen LogP contribution in [0, 0.1) is 18.7 Å². The lowest BCUT2D eigenvalue weighted by atomic mass is 9.93. The van der Waals surface area contributed by atoms with Crippen molar-refractivity contribution >= 4 is 33.7 Å². The minimum Gasteiger partial charge on any atom is -0.486 e. The Morgan fingerprint density at radius 1 is 1.29 bits per heavy atom.